The average Bonchev–Trinajstić information content (AvgIpc) is 3.20. The molecule has 8 nitrogen and oxygen atoms in total. The van der Waals surface area contributed by atoms with Crippen LogP contribution in [0.2, 0.25) is 0 Å². The normalized spacial score (nSPS) is 17.9. The number of anilines is 2. The number of nitrogens with one attached hydrogen (secondary N) is 1. The van der Waals surface area contributed by atoms with Crippen LogP contribution >= 0.6 is 0 Å². The van der Waals surface area contributed by atoms with E-state index in [-0.39, 0.29) is 16.7 Å². The molecule has 2 heterocycles. The lowest BCUT2D eigenvalue weighted by molar-refractivity contribution is -0.117. The number of hydrogen-bond donors (Lipinski definition) is 1. The van der Waals surface area contributed by atoms with Crippen LogP contribution in [0.3, 0.4) is 0 Å². The van der Waals surface area contributed by atoms with Gasteiger partial charge in [0.25, 0.3) is 5.91 Å². The Morgan fingerprint density at radius 1 is 1.00 bits per heavy atom. The van der Waals surface area contributed by atoms with Gasteiger partial charge in [-0.15, -0.1) is 0 Å². The summed E-state index contributed by atoms with van der Waals surface area (Å²) >= 11 is 0. The van der Waals surface area contributed by atoms with Gasteiger partial charge in [0.2, 0.25) is 15.9 Å². The molecule has 0 aliphatic carbocycles. The molecule has 2 aliphatic heterocycles. The number of rotatable bonds is 5. The molecule has 30 heavy (non-hydrogen) atoms. The first-order valence-corrected chi connectivity index (χ1v) is 11.3. The van der Waals surface area contributed by atoms with Crippen LogP contribution in [0, 0.1) is 0 Å². The smallest absolute Gasteiger partial charge is 0.255 e. The summed E-state index contributed by atoms with van der Waals surface area (Å²) in [5.41, 5.74) is 1.67. The fourth-order valence-corrected chi connectivity index (χ4v) is 5.00. The highest BCUT2D eigenvalue weighted by Crippen LogP contribution is 2.25. The van der Waals surface area contributed by atoms with Crippen LogP contribution in [0.5, 0.6) is 0 Å². The quantitative estimate of drug-likeness (QED) is 0.785. The van der Waals surface area contributed by atoms with Gasteiger partial charge < -0.3 is 15.0 Å². The minimum absolute atomic E-state index is 0.0792. The summed E-state index contributed by atoms with van der Waals surface area (Å²) in [5, 5.41) is 2.81. The Hall–Kier alpha value is -2.75. The van der Waals surface area contributed by atoms with Crippen molar-refractivity contribution >= 4 is 33.2 Å². The molecule has 2 amide bonds. The molecule has 9 heteroatoms. The van der Waals surface area contributed by atoms with Gasteiger partial charge in [-0.2, -0.15) is 4.31 Å². The van der Waals surface area contributed by atoms with Crippen LogP contribution < -0.4 is 10.2 Å². The Balaban J connectivity index is 1.46. The van der Waals surface area contributed by atoms with Crippen LogP contribution in [0.15, 0.2) is 53.4 Å². The maximum Gasteiger partial charge on any atom is 0.255 e. The Kier molecular flexibility index (Phi) is 5.85. The topological polar surface area (TPSA) is 96.0 Å². The van der Waals surface area contributed by atoms with Gasteiger partial charge in [0, 0.05) is 43.0 Å². The molecule has 0 unspecified atom stereocenters. The summed E-state index contributed by atoms with van der Waals surface area (Å²) in [6.45, 7) is 2.07. The zero-order chi connectivity index (χ0) is 21.1. The Labute approximate surface area is 175 Å². The van der Waals surface area contributed by atoms with Crippen molar-refractivity contribution in [3.05, 3.63) is 54.1 Å². The van der Waals surface area contributed by atoms with E-state index in [0.717, 1.165) is 12.1 Å². The number of hydrogen-bond acceptors (Lipinski definition) is 5. The highest BCUT2D eigenvalue weighted by molar-refractivity contribution is 7.89. The Bertz CT molecular complexity index is 1050. The fourth-order valence-electron chi connectivity index (χ4n) is 3.59. The molecule has 0 bridgehead atoms. The Morgan fingerprint density at radius 2 is 1.73 bits per heavy atom. The molecule has 0 spiro atoms. The van der Waals surface area contributed by atoms with Crippen molar-refractivity contribution in [2.24, 2.45) is 0 Å². The number of carbonyl (C=O) groups is 2. The van der Waals surface area contributed by atoms with E-state index in [1.54, 1.807) is 23.1 Å². The van der Waals surface area contributed by atoms with Gasteiger partial charge in [-0.1, -0.05) is 6.07 Å². The summed E-state index contributed by atoms with van der Waals surface area (Å²) < 4.78 is 32.0. The van der Waals surface area contributed by atoms with E-state index in [1.807, 2.05) is 6.07 Å². The van der Waals surface area contributed by atoms with Crippen molar-refractivity contribution < 1.29 is 22.7 Å². The van der Waals surface area contributed by atoms with Crippen molar-refractivity contribution in [2.45, 2.75) is 17.7 Å². The summed E-state index contributed by atoms with van der Waals surface area (Å²) in [4.78, 5) is 26.4. The fraction of sp³-hybridized carbons (Fsp3) is 0.333. The molecule has 4 rings (SSSR count). The van der Waals surface area contributed by atoms with Gasteiger partial charge in [-0.25, -0.2) is 8.42 Å². The van der Waals surface area contributed by atoms with Gasteiger partial charge in [0.15, 0.2) is 0 Å². The second-order valence-corrected chi connectivity index (χ2v) is 9.13. The molecule has 2 fully saturated rings. The largest absolute Gasteiger partial charge is 0.379 e. The molecular formula is C21H23N3O5S. The average molecular weight is 429 g/mol. The molecule has 1 N–H and O–H groups in total. The van der Waals surface area contributed by atoms with Crippen LogP contribution in [0.1, 0.15) is 23.2 Å². The first-order valence-electron chi connectivity index (χ1n) is 9.85. The van der Waals surface area contributed by atoms with Crippen molar-refractivity contribution in [1.82, 2.24) is 4.31 Å². The highest BCUT2D eigenvalue weighted by atomic mass is 32.2. The molecule has 0 radical (unpaired) electrons. The zero-order valence-electron chi connectivity index (χ0n) is 16.4. The second-order valence-electron chi connectivity index (χ2n) is 7.19. The van der Waals surface area contributed by atoms with E-state index >= 15 is 0 Å². The molecule has 2 saturated heterocycles. The molecule has 0 atom stereocenters. The number of benzene rings is 2. The number of ether oxygens (including phenoxy) is 1. The lowest BCUT2D eigenvalue weighted by Gasteiger charge is -2.26. The van der Waals surface area contributed by atoms with E-state index in [0.29, 0.717) is 50.5 Å². The lowest BCUT2D eigenvalue weighted by Crippen LogP contribution is -2.40. The van der Waals surface area contributed by atoms with E-state index in [1.165, 1.54) is 28.6 Å². The maximum absolute atomic E-state index is 12.7. The van der Waals surface area contributed by atoms with Crippen LogP contribution in [0.25, 0.3) is 0 Å². The lowest BCUT2D eigenvalue weighted by atomic mass is 10.2. The van der Waals surface area contributed by atoms with E-state index < -0.39 is 10.0 Å². The van der Waals surface area contributed by atoms with Crippen molar-refractivity contribution in [3.8, 4) is 0 Å². The second kappa shape index (κ2) is 8.55. The monoisotopic (exact) mass is 429 g/mol. The van der Waals surface area contributed by atoms with Gasteiger partial charge in [0.05, 0.1) is 18.1 Å². The number of morpholine rings is 1. The number of carbonyl (C=O) groups excluding carboxylic acids is 2. The molecular weight excluding hydrogens is 406 g/mol. The third-order valence-electron chi connectivity index (χ3n) is 5.21. The van der Waals surface area contributed by atoms with Crippen molar-refractivity contribution in [1.29, 1.82) is 0 Å². The Morgan fingerprint density at radius 3 is 2.40 bits per heavy atom. The van der Waals surface area contributed by atoms with E-state index in [2.05, 4.69) is 5.32 Å². The highest BCUT2D eigenvalue weighted by Gasteiger charge is 2.26. The summed E-state index contributed by atoms with van der Waals surface area (Å²) in [6, 6.07) is 13.0. The predicted octanol–water partition coefficient (Wildman–Crippen LogP) is 2.09. The summed E-state index contributed by atoms with van der Waals surface area (Å²) in [7, 11) is -3.60. The number of sulfonamides is 1. The third-order valence-corrected chi connectivity index (χ3v) is 7.13. The maximum atomic E-state index is 12.7. The van der Waals surface area contributed by atoms with Crippen LogP contribution in [-0.2, 0) is 19.6 Å². The third kappa shape index (κ3) is 4.23. The van der Waals surface area contributed by atoms with E-state index in [9.17, 15) is 18.0 Å². The van der Waals surface area contributed by atoms with E-state index in [4.69, 9.17) is 4.74 Å². The zero-order valence-corrected chi connectivity index (χ0v) is 17.2. The minimum Gasteiger partial charge on any atom is -0.379 e. The van der Waals surface area contributed by atoms with Gasteiger partial charge in [-0.05, 0) is 48.9 Å². The predicted molar refractivity (Wildman–Crippen MR) is 112 cm³/mol. The first kappa shape index (κ1) is 20.5. The molecule has 2 aliphatic rings. The summed E-state index contributed by atoms with van der Waals surface area (Å²) in [5.74, 6) is -0.272. The summed E-state index contributed by atoms with van der Waals surface area (Å²) in [6.07, 6.45) is 1.37. The van der Waals surface area contributed by atoms with Gasteiger partial charge >= 0.3 is 0 Å². The molecule has 0 aromatic heterocycles. The molecule has 2 aromatic carbocycles. The first-order chi connectivity index (χ1) is 14.4. The molecule has 158 valence electrons. The van der Waals surface area contributed by atoms with Crippen LogP contribution in [-0.4, -0.2) is 57.4 Å². The molecule has 0 saturated carbocycles. The number of nitrogens with zero attached hydrogens (tertiary/aromatic N) is 2. The number of amides is 2. The SMILES string of the molecule is O=C(Nc1cccc(N2CCCC2=O)c1)c1ccc(S(=O)(=O)N2CCOCC2)cc1. The van der Waals surface area contributed by atoms with Crippen LogP contribution in [0.4, 0.5) is 11.4 Å². The van der Waals surface area contributed by atoms with Crippen molar-refractivity contribution in [3.63, 3.8) is 0 Å². The van der Waals surface area contributed by atoms with Gasteiger partial charge in [-0.3, -0.25) is 9.59 Å². The molecule has 2 aromatic rings. The standard InChI is InChI=1S/C21H23N3O5S/c25-20-5-2-10-24(20)18-4-1-3-17(15-18)22-21(26)16-6-8-19(9-7-16)30(27,28)23-11-13-29-14-12-23/h1,3-4,6-9,15H,2,5,10-14H2,(H,22,26). The minimum atomic E-state index is -3.60. The van der Waals surface area contributed by atoms with Gasteiger partial charge in [0.1, 0.15) is 0 Å². The van der Waals surface area contributed by atoms with Crippen molar-refractivity contribution in [2.75, 3.05) is 43.1 Å².